The van der Waals surface area contributed by atoms with Gasteiger partial charge in [-0.05, 0) is 61.5 Å². The van der Waals surface area contributed by atoms with Crippen LogP contribution >= 0.6 is 39.7 Å². The van der Waals surface area contributed by atoms with E-state index in [2.05, 4.69) is 53.8 Å². The number of rotatable bonds is 3. The number of halogens is 2. The molecule has 0 unspecified atom stereocenters. The molecule has 2 N–H and O–H groups in total. The number of nitrogens with zero attached hydrogens (tertiary/aromatic N) is 3. The van der Waals surface area contributed by atoms with Gasteiger partial charge in [0.15, 0.2) is 10.9 Å². The lowest BCUT2D eigenvalue weighted by molar-refractivity contribution is 0.466. The summed E-state index contributed by atoms with van der Waals surface area (Å²) >= 11 is 15.0. The minimum atomic E-state index is 0.326. The van der Waals surface area contributed by atoms with Crippen molar-refractivity contribution in [2.45, 2.75) is 18.9 Å². The molecule has 28 heavy (non-hydrogen) atoms. The van der Waals surface area contributed by atoms with Crippen molar-refractivity contribution >= 4 is 67.1 Å². The smallest absolute Gasteiger partial charge is 0.170 e. The van der Waals surface area contributed by atoms with E-state index in [0.717, 1.165) is 52.7 Å². The van der Waals surface area contributed by atoms with Crippen LogP contribution in [0.5, 0.6) is 0 Å². The molecule has 0 atom stereocenters. The van der Waals surface area contributed by atoms with Crippen molar-refractivity contribution in [3.8, 4) is 0 Å². The van der Waals surface area contributed by atoms with Gasteiger partial charge in [0.2, 0.25) is 0 Å². The molecule has 0 radical (unpaired) electrons. The van der Waals surface area contributed by atoms with E-state index in [1.165, 1.54) is 0 Å². The fourth-order valence-corrected chi connectivity index (χ4v) is 4.29. The molecule has 0 amide bonds. The molecule has 0 aliphatic carbocycles. The Bertz CT molecular complexity index is 1010. The summed E-state index contributed by atoms with van der Waals surface area (Å²) in [5.41, 5.74) is 0.889. The molecule has 2 aromatic carbocycles. The molecule has 1 aliphatic rings. The van der Waals surface area contributed by atoms with E-state index < -0.39 is 0 Å². The molecule has 4 rings (SSSR count). The summed E-state index contributed by atoms with van der Waals surface area (Å²) in [7, 11) is 0. The van der Waals surface area contributed by atoms with Gasteiger partial charge in [-0.2, -0.15) is 5.10 Å². The van der Waals surface area contributed by atoms with Crippen molar-refractivity contribution in [1.82, 2.24) is 15.5 Å². The highest BCUT2D eigenvalue weighted by molar-refractivity contribution is 9.10. The number of anilines is 2. The zero-order valence-corrected chi connectivity index (χ0v) is 18.2. The Morgan fingerprint density at radius 3 is 2.79 bits per heavy atom. The maximum Gasteiger partial charge on any atom is 0.170 e. The molecule has 8 heteroatoms. The number of benzene rings is 2. The predicted molar refractivity (Wildman–Crippen MR) is 123 cm³/mol. The van der Waals surface area contributed by atoms with Crippen LogP contribution in [0.3, 0.4) is 0 Å². The van der Waals surface area contributed by atoms with Gasteiger partial charge in [0.1, 0.15) is 0 Å². The van der Waals surface area contributed by atoms with Crippen LogP contribution in [0.1, 0.15) is 12.8 Å². The van der Waals surface area contributed by atoms with Gasteiger partial charge in [-0.25, -0.2) is 0 Å². The van der Waals surface area contributed by atoms with Gasteiger partial charge in [-0.15, -0.1) is 5.10 Å². The Morgan fingerprint density at radius 2 is 2.00 bits per heavy atom. The number of nitrogens with one attached hydrogen (secondary N) is 2. The second-order valence-corrected chi connectivity index (χ2v) is 8.53. The molecular formula is C20H19BrClN5S. The first kappa shape index (κ1) is 19.4. The second-order valence-electron chi connectivity index (χ2n) is 6.77. The summed E-state index contributed by atoms with van der Waals surface area (Å²) in [5, 5.41) is 18.7. The third-order valence-corrected chi connectivity index (χ3v) is 5.76. The van der Waals surface area contributed by atoms with Gasteiger partial charge in [0, 0.05) is 45.1 Å². The quantitative estimate of drug-likeness (QED) is 0.519. The highest BCUT2D eigenvalue weighted by Crippen LogP contribution is 2.28. The topological polar surface area (TPSA) is 53.1 Å². The summed E-state index contributed by atoms with van der Waals surface area (Å²) in [6, 6.07) is 14.1. The van der Waals surface area contributed by atoms with Crippen LogP contribution in [0.2, 0.25) is 5.02 Å². The minimum absolute atomic E-state index is 0.326. The third kappa shape index (κ3) is 4.54. The van der Waals surface area contributed by atoms with Crippen molar-refractivity contribution in [1.29, 1.82) is 0 Å². The summed E-state index contributed by atoms with van der Waals surface area (Å²) in [5.74, 6) is 0.947. The average Bonchev–Trinajstić information content (AvgIpc) is 2.68. The van der Waals surface area contributed by atoms with Crippen molar-refractivity contribution in [3.63, 3.8) is 0 Å². The summed E-state index contributed by atoms with van der Waals surface area (Å²) in [4.78, 5) is 2.30. The maximum atomic E-state index is 6.02. The van der Waals surface area contributed by atoms with E-state index in [1.807, 2.05) is 30.3 Å². The number of aromatic nitrogens is 2. The highest BCUT2D eigenvalue weighted by Gasteiger charge is 2.22. The van der Waals surface area contributed by atoms with E-state index >= 15 is 0 Å². The number of hydrogen-bond donors (Lipinski definition) is 2. The molecule has 5 nitrogen and oxygen atoms in total. The second kappa shape index (κ2) is 8.59. The Morgan fingerprint density at radius 1 is 1.18 bits per heavy atom. The number of fused-ring (bicyclic) bond motifs is 1. The van der Waals surface area contributed by atoms with Gasteiger partial charge < -0.3 is 15.5 Å². The fraction of sp³-hybridized carbons (Fsp3) is 0.250. The molecule has 3 aromatic rings. The van der Waals surface area contributed by atoms with Crippen LogP contribution in [-0.4, -0.2) is 34.4 Å². The average molecular weight is 477 g/mol. The first-order valence-electron chi connectivity index (χ1n) is 9.07. The van der Waals surface area contributed by atoms with Crippen molar-refractivity contribution in [3.05, 3.63) is 58.2 Å². The number of thiocarbonyl (C=S) groups is 1. The van der Waals surface area contributed by atoms with Crippen LogP contribution in [-0.2, 0) is 0 Å². The van der Waals surface area contributed by atoms with Crippen LogP contribution in [0.15, 0.2) is 53.1 Å². The molecule has 1 saturated heterocycles. The molecule has 0 spiro atoms. The SMILES string of the molecule is S=C(Nc1cccc(Cl)c1)NC1CCN(c2nncc3cc(Br)ccc23)CC1. The Balaban J connectivity index is 1.37. The fourth-order valence-electron chi connectivity index (χ4n) is 3.43. The number of hydrogen-bond acceptors (Lipinski definition) is 4. The van der Waals surface area contributed by atoms with E-state index in [0.29, 0.717) is 16.2 Å². The summed E-state index contributed by atoms with van der Waals surface area (Å²) in [6.45, 7) is 1.81. The molecular weight excluding hydrogens is 458 g/mol. The van der Waals surface area contributed by atoms with Crippen LogP contribution in [0.4, 0.5) is 11.5 Å². The lowest BCUT2D eigenvalue weighted by Crippen LogP contribution is -2.46. The van der Waals surface area contributed by atoms with Crippen molar-refractivity contribution < 1.29 is 0 Å². The molecule has 144 valence electrons. The zero-order valence-electron chi connectivity index (χ0n) is 15.0. The molecule has 1 aromatic heterocycles. The molecule has 1 aliphatic heterocycles. The normalized spacial score (nSPS) is 14.9. The molecule has 1 fully saturated rings. The van der Waals surface area contributed by atoms with Crippen LogP contribution in [0.25, 0.3) is 10.8 Å². The highest BCUT2D eigenvalue weighted by atomic mass is 79.9. The first-order chi connectivity index (χ1) is 13.6. The summed E-state index contributed by atoms with van der Waals surface area (Å²) in [6.07, 6.45) is 3.76. The largest absolute Gasteiger partial charge is 0.360 e. The van der Waals surface area contributed by atoms with E-state index in [1.54, 1.807) is 6.20 Å². The van der Waals surface area contributed by atoms with Gasteiger partial charge in [0.25, 0.3) is 0 Å². The molecule has 0 bridgehead atoms. The third-order valence-electron chi connectivity index (χ3n) is 4.82. The van der Waals surface area contributed by atoms with E-state index in [-0.39, 0.29) is 0 Å². The Hall–Kier alpha value is -1.96. The zero-order chi connectivity index (χ0) is 19.5. The molecule has 0 saturated carbocycles. The lowest BCUT2D eigenvalue weighted by Gasteiger charge is -2.34. The van der Waals surface area contributed by atoms with Crippen LogP contribution < -0.4 is 15.5 Å². The maximum absolute atomic E-state index is 6.02. The van der Waals surface area contributed by atoms with Gasteiger partial charge in [-0.1, -0.05) is 33.6 Å². The van der Waals surface area contributed by atoms with E-state index in [9.17, 15) is 0 Å². The minimum Gasteiger partial charge on any atom is -0.360 e. The summed E-state index contributed by atoms with van der Waals surface area (Å²) < 4.78 is 1.04. The van der Waals surface area contributed by atoms with Crippen molar-refractivity contribution in [2.24, 2.45) is 0 Å². The standard InChI is InChI=1S/C20H19BrClN5S/c21-14-4-5-18-13(10-14)12-23-26-19(18)27-8-6-16(7-9-27)24-20(28)25-17-3-1-2-15(22)11-17/h1-5,10-12,16H,6-9H2,(H2,24,25,28). The number of piperidine rings is 1. The predicted octanol–water partition coefficient (Wildman–Crippen LogP) is 5.00. The van der Waals surface area contributed by atoms with Crippen LogP contribution in [0, 0.1) is 0 Å². The monoisotopic (exact) mass is 475 g/mol. The van der Waals surface area contributed by atoms with Crippen molar-refractivity contribution in [2.75, 3.05) is 23.3 Å². The van der Waals surface area contributed by atoms with Gasteiger partial charge in [0.05, 0.1) is 6.20 Å². The van der Waals surface area contributed by atoms with Gasteiger partial charge >= 0.3 is 0 Å². The van der Waals surface area contributed by atoms with Gasteiger partial charge in [-0.3, -0.25) is 0 Å². The Kier molecular flexibility index (Phi) is 5.94. The van der Waals surface area contributed by atoms with E-state index in [4.69, 9.17) is 23.8 Å². The first-order valence-corrected chi connectivity index (χ1v) is 10.7. The molecule has 2 heterocycles. The Labute approximate surface area is 182 Å². The lowest BCUT2D eigenvalue weighted by atomic mass is 10.0.